The van der Waals surface area contributed by atoms with Crippen molar-refractivity contribution in [2.24, 2.45) is 7.05 Å². The number of fused-ring (bicyclic) bond motifs is 1. The quantitative estimate of drug-likeness (QED) is 0.631. The average molecular weight is 410 g/mol. The first kappa shape index (κ1) is 19.7. The maximum atomic E-state index is 13.0. The number of carbonyl (C=O) groups is 1. The van der Waals surface area contributed by atoms with Crippen LogP contribution in [0.2, 0.25) is 5.02 Å². The minimum Gasteiger partial charge on any atom is -0.370 e. The number of amides is 1. The molecule has 0 unspecified atom stereocenters. The summed E-state index contributed by atoms with van der Waals surface area (Å²) >= 11 is 5.93. The van der Waals surface area contributed by atoms with Crippen LogP contribution in [0.3, 0.4) is 0 Å². The molecular formula is C23H24ClN3O2. The zero-order valence-electron chi connectivity index (χ0n) is 16.7. The zero-order valence-corrected chi connectivity index (χ0v) is 17.4. The highest BCUT2D eigenvalue weighted by molar-refractivity contribution is 6.30. The van der Waals surface area contributed by atoms with Crippen molar-refractivity contribution in [2.75, 3.05) is 6.54 Å². The molecule has 0 atom stereocenters. The molecule has 2 heterocycles. The maximum Gasteiger partial charge on any atom is 0.254 e. The van der Waals surface area contributed by atoms with Crippen LogP contribution in [0, 0.1) is 6.92 Å². The fourth-order valence-electron chi connectivity index (χ4n) is 3.77. The molecule has 0 saturated heterocycles. The molecule has 6 heteroatoms. The lowest BCUT2D eigenvalue weighted by atomic mass is 10.0. The Morgan fingerprint density at radius 1 is 1.17 bits per heavy atom. The predicted molar refractivity (Wildman–Crippen MR) is 113 cm³/mol. The molecular weight excluding hydrogens is 386 g/mol. The van der Waals surface area contributed by atoms with E-state index < -0.39 is 0 Å². The topological polar surface area (TPSA) is 47.4 Å². The number of ether oxygens (including phenoxy) is 1. The number of aromatic nitrogens is 2. The van der Waals surface area contributed by atoms with Crippen molar-refractivity contribution in [2.45, 2.75) is 33.1 Å². The van der Waals surface area contributed by atoms with Gasteiger partial charge in [-0.25, -0.2) is 0 Å². The molecule has 1 aliphatic heterocycles. The lowest BCUT2D eigenvalue weighted by molar-refractivity contribution is 0.0728. The SMILES string of the molecule is Cc1cccc(C(=O)N2CCc3c(c(COCc4ccc(Cl)cc4)nn3C)C2)c1. The van der Waals surface area contributed by atoms with Gasteiger partial charge in [0.1, 0.15) is 0 Å². The van der Waals surface area contributed by atoms with Gasteiger partial charge in [0.25, 0.3) is 5.91 Å². The first-order valence-corrected chi connectivity index (χ1v) is 10.1. The standard InChI is InChI=1S/C23H24ClN3O2/c1-16-4-3-5-18(12-16)23(28)27-11-10-22-20(13-27)21(25-26(22)2)15-29-14-17-6-8-19(24)9-7-17/h3-9,12H,10-11,13-15H2,1-2H3. The molecule has 5 nitrogen and oxygen atoms in total. The molecule has 2 aromatic carbocycles. The summed E-state index contributed by atoms with van der Waals surface area (Å²) in [5.41, 5.74) is 6.08. The third-order valence-corrected chi connectivity index (χ3v) is 5.55. The molecule has 0 N–H and O–H groups in total. The van der Waals surface area contributed by atoms with Crippen LogP contribution < -0.4 is 0 Å². The number of hydrogen-bond acceptors (Lipinski definition) is 3. The van der Waals surface area contributed by atoms with Gasteiger partial charge in [0.15, 0.2) is 0 Å². The Morgan fingerprint density at radius 2 is 1.97 bits per heavy atom. The van der Waals surface area contributed by atoms with Crippen LogP contribution in [0.1, 0.15) is 38.4 Å². The van der Waals surface area contributed by atoms with Crippen LogP contribution in [-0.2, 0) is 38.0 Å². The van der Waals surface area contributed by atoms with Crippen molar-refractivity contribution in [3.05, 3.63) is 87.2 Å². The fraction of sp³-hybridized carbons (Fsp3) is 0.304. The summed E-state index contributed by atoms with van der Waals surface area (Å²) in [4.78, 5) is 14.9. The maximum absolute atomic E-state index is 13.0. The lowest BCUT2D eigenvalue weighted by Gasteiger charge is -2.28. The second-order valence-corrected chi connectivity index (χ2v) is 7.90. The van der Waals surface area contributed by atoms with E-state index in [-0.39, 0.29) is 5.91 Å². The molecule has 1 aliphatic rings. The Morgan fingerprint density at radius 3 is 2.72 bits per heavy atom. The molecule has 0 spiro atoms. The van der Waals surface area contributed by atoms with Gasteiger partial charge in [-0.3, -0.25) is 9.48 Å². The number of nitrogens with zero attached hydrogens (tertiary/aromatic N) is 3. The lowest BCUT2D eigenvalue weighted by Crippen LogP contribution is -2.36. The molecule has 1 amide bonds. The summed E-state index contributed by atoms with van der Waals surface area (Å²) in [6.07, 6.45) is 0.799. The monoisotopic (exact) mass is 409 g/mol. The average Bonchev–Trinajstić information content (AvgIpc) is 3.04. The summed E-state index contributed by atoms with van der Waals surface area (Å²) in [6, 6.07) is 15.4. The number of carbonyl (C=O) groups excluding carboxylic acids is 1. The van der Waals surface area contributed by atoms with Crippen LogP contribution in [0.4, 0.5) is 0 Å². The molecule has 3 aromatic rings. The fourth-order valence-corrected chi connectivity index (χ4v) is 3.89. The van der Waals surface area contributed by atoms with E-state index in [1.807, 2.05) is 72.1 Å². The van der Waals surface area contributed by atoms with Gasteiger partial charge in [-0.05, 0) is 36.8 Å². The first-order valence-electron chi connectivity index (χ1n) is 9.73. The molecule has 29 heavy (non-hydrogen) atoms. The minimum atomic E-state index is 0.0660. The van der Waals surface area contributed by atoms with Gasteiger partial charge in [-0.1, -0.05) is 41.4 Å². The summed E-state index contributed by atoms with van der Waals surface area (Å²) in [6.45, 7) is 4.18. The highest BCUT2D eigenvalue weighted by Crippen LogP contribution is 2.24. The Balaban J connectivity index is 1.46. The van der Waals surface area contributed by atoms with Gasteiger partial charge in [0, 0.05) is 48.4 Å². The molecule has 150 valence electrons. The molecule has 0 aliphatic carbocycles. The van der Waals surface area contributed by atoms with E-state index in [2.05, 4.69) is 5.10 Å². The smallest absolute Gasteiger partial charge is 0.254 e. The zero-order chi connectivity index (χ0) is 20.4. The van der Waals surface area contributed by atoms with Crippen molar-refractivity contribution in [3.8, 4) is 0 Å². The Bertz CT molecular complexity index is 1030. The number of halogens is 1. The Labute approximate surface area is 175 Å². The molecule has 0 radical (unpaired) electrons. The van der Waals surface area contributed by atoms with E-state index in [9.17, 15) is 4.79 Å². The van der Waals surface area contributed by atoms with Gasteiger partial charge in [0.2, 0.25) is 0 Å². The Kier molecular flexibility index (Phi) is 5.69. The predicted octanol–water partition coefficient (Wildman–Crippen LogP) is 4.30. The highest BCUT2D eigenvalue weighted by atomic mass is 35.5. The van der Waals surface area contributed by atoms with Crippen molar-refractivity contribution in [1.29, 1.82) is 0 Å². The van der Waals surface area contributed by atoms with Gasteiger partial charge in [-0.2, -0.15) is 5.10 Å². The molecule has 0 bridgehead atoms. The van der Waals surface area contributed by atoms with Crippen LogP contribution in [0.25, 0.3) is 0 Å². The van der Waals surface area contributed by atoms with Crippen LogP contribution in [-0.4, -0.2) is 27.1 Å². The third-order valence-electron chi connectivity index (χ3n) is 5.30. The summed E-state index contributed by atoms with van der Waals surface area (Å²) in [5, 5.41) is 5.36. The third kappa shape index (κ3) is 4.36. The molecule has 1 aromatic heterocycles. The largest absolute Gasteiger partial charge is 0.370 e. The number of benzene rings is 2. The van der Waals surface area contributed by atoms with Gasteiger partial charge in [0.05, 0.1) is 18.9 Å². The van der Waals surface area contributed by atoms with E-state index in [1.165, 1.54) is 5.69 Å². The molecule has 0 saturated carbocycles. The van der Waals surface area contributed by atoms with Crippen molar-refractivity contribution < 1.29 is 9.53 Å². The van der Waals surface area contributed by atoms with Gasteiger partial charge >= 0.3 is 0 Å². The normalized spacial score (nSPS) is 13.4. The van der Waals surface area contributed by atoms with E-state index in [0.717, 1.165) is 34.4 Å². The molecule has 4 rings (SSSR count). The Hall–Kier alpha value is -2.63. The highest BCUT2D eigenvalue weighted by Gasteiger charge is 2.27. The number of aryl methyl sites for hydroxylation is 2. The van der Waals surface area contributed by atoms with E-state index in [1.54, 1.807) is 0 Å². The second-order valence-electron chi connectivity index (χ2n) is 7.46. The van der Waals surface area contributed by atoms with Gasteiger partial charge in [-0.15, -0.1) is 0 Å². The van der Waals surface area contributed by atoms with Crippen LogP contribution >= 0.6 is 11.6 Å². The number of rotatable bonds is 5. The van der Waals surface area contributed by atoms with Crippen LogP contribution in [0.5, 0.6) is 0 Å². The van der Waals surface area contributed by atoms with E-state index >= 15 is 0 Å². The van der Waals surface area contributed by atoms with Crippen molar-refractivity contribution in [1.82, 2.24) is 14.7 Å². The summed E-state index contributed by atoms with van der Waals surface area (Å²) in [5.74, 6) is 0.0660. The second kappa shape index (κ2) is 8.39. The van der Waals surface area contributed by atoms with Gasteiger partial charge < -0.3 is 9.64 Å². The molecule has 0 fully saturated rings. The summed E-state index contributed by atoms with van der Waals surface area (Å²) < 4.78 is 7.82. The minimum absolute atomic E-state index is 0.0660. The number of hydrogen-bond donors (Lipinski definition) is 0. The van der Waals surface area contributed by atoms with E-state index in [0.29, 0.717) is 31.3 Å². The van der Waals surface area contributed by atoms with Crippen LogP contribution in [0.15, 0.2) is 48.5 Å². The van der Waals surface area contributed by atoms with E-state index in [4.69, 9.17) is 16.3 Å². The van der Waals surface area contributed by atoms with Crippen molar-refractivity contribution in [3.63, 3.8) is 0 Å². The van der Waals surface area contributed by atoms with Crippen molar-refractivity contribution >= 4 is 17.5 Å². The summed E-state index contributed by atoms with van der Waals surface area (Å²) in [7, 11) is 1.96. The first-order chi connectivity index (χ1) is 14.0.